The monoisotopic (exact) mass is 238 g/mol. The lowest BCUT2D eigenvalue weighted by Gasteiger charge is -2.38. The molecule has 0 radical (unpaired) electrons. The van der Waals surface area contributed by atoms with E-state index in [4.69, 9.17) is 0 Å². The summed E-state index contributed by atoms with van der Waals surface area (Å²) in [5.74, 6) is 1.32. The van der Waals surface area contributed by atoms with E-state index in [1.165, 1.54) is 22.6 Å². The Balaban J connectivity index is 2.10. The summed E-state index contributed by atoms with van der Waals surface area (Å²) in [7, 11) is 0. The Labute approximate surface area is 101 Å². The molecule has 1 atom stereocenters. The van der Waals surface area contributed by atoms with Crippen molar-refractivity contribution in [2.24, 2.45) is 0 Å². The predicted molar refractivity (Wildman–Crippen MR) is 71.9 cm³/mol. The second-order valence-corrected chi connectivity index (χ2v) is 7.77. The van der Waals surface area contributed by atoms with E-state index in [1.807, 2.05) is 11.8 Å². The van der Waals surface area contributed by atoms with Crippen LogP contribution in [0.25, 0.3) is 0 Å². The molecule has 2 rings (SSSR count). The maximum Gasteiger partial charge on any atom is 0.0388 e. The summed E-state index contributed by atoms with van der Waals surface area (Å²) in [6.45, 7) is 6.83. The van der Waals surface area contributed by atoms with Gasteiger partial charge in [0, 0.05) is 14.9 Å². The molecular weight excluding hydrogens is 220 g/mol. The van der Waals surface area contributed by atoms with Gasteiger partial charge in [-0.05, 0) is 36.8 Å². The quantitative estimate of drug-likeness (QED) is 0.709. The molecule has 0 spiro atoms. The average molecular weight is 238 g/mol. The third-order valence-electron chi connectivity index (χ3n) is 2.84. The summed E-state index contributed by atoms with van der Waals surface area (Å²) in [6, 6.07) is 9.14. The number of rotatable bonds is 3. The Bertz CT molecular complexity index is 323. The minimum absolute atomic E-state index is 0.404. The standard InChI is InChI=1S/C13H18S2/c1-10(2)15-12-6-4-11(5-7-12)13(3)8-9-14-13/h4-7,10H,8-9H2,1-3H3. The lowest BCUT2D eigenvalue weighted by atomic mass is 9.96. The minimum Gasteiger partial charge on any atom is -0.151 e. The second kappa shape index (κ2) is 4.42. The number of thioether (sulfide) groups is 2. The van der Waals surface area contributed by atoms with Crippen molar-refractivity contribution < 1.29 is 0 Å². The fraction of sp³-hybridized carbons (Fsp3) is 0.538. The summed E-state index contributed by atoms with van der Waals surface area (Å²) in [5.41, 5.74) is 1.49. The van der Waals surface area contributed by atoms with Crippen molar-refractivity contribution in [3.05, 3.63) is 29.8 Å². The largest absolute Gasteiger partial charge is 0.151 e. The molecule has 0 saturated carbocycles. The van der Waals surface area contributed by atoms with E-state index in [2.05, 4.69) is 56.8 Å². The Kier molecular flexibility index (Phi) is 3.36. The maximum atomic E-state index is 2.35. The van der Waals surface area contributed by atoms with E-state index in [0.29, 0.717) is 10.00 Å². The lowest BCUT2D eigenvalue weighted by Crippen LogP contribution is -2.27. The van der Waals surface area contributed by atoms with Crippen LogP contribution in [0, 0.1) is 0 Å². The molecule has 0 aliphatic carbocycles. The molecule has 1 unspecified atom stereocenters. The molecule has 1 aliphatic heterocycles. The first-order valence-electron chi connectivity index (χ1n) is 5.51. The molecule has 0 bridgehead atoms. The summed E-state index contributed by atoms with van der Waals surface area (Å²) < 4.78 is 0.404. The van der Waals surface area contributed by atoms with Crippen molar-refractivity contribution in [1.29, 1.82) is 0 Å². The van der Waals surface area contributed by atoms with Crippen molar-refractivity contribution >= 4 is 23.5 Å². The molecule has 1 aliphatic rings. The van der Waals surface area contributed by atoms with Gasteiger partial charge in [-0.15, -0.1) is 11.8 Å². The topological polar surface area (TPSA) is 0 Å². The van der Waals surface area contributed by atoms with Gasteiger partial charge in [0.05, 0.1) is 0 Å². The van der Waals surface area contributed by atoms with Crippen LogP contribution in [0.2, 0.25) is 0 Å². The molecule has 1 aromatic carbocycles. The maximum absolute atomic E-state index is 2.35. The highest BCUT2D eigenvalue weighted by atomic mass is 32.2. The highest BCUT2D eigenvalue weighted by molar-refractivity contribution is 8.01. The highest BCUT2D eigenvalue weighted by Crippen LogP contribution is 2.48. The molecule has 1 aromatic rings. The fourth-order valence-electron chi connectivity index (χ4n) is 1.79. The number of hydrogen-bond donors (Lipinski definition) is 0. The van der Waals surface area contributed by atoms with Crippen LogP contribution in [0.1, 0.15) is 32.8 Å². The lowest BCUT2D eigenvalue weighted by molar-refractivity contribution is 0.625. The third-order valence-corrected chi connectivity index (χ3v) is 5.34. The molecule has 82 valence electrons. The van der Waals surface area contributed by atoms with Gasteiger partial charge in [-0.25, -0.2) is 0 Å². The molecule has 1 saturated heterocycles. The first-order chi connectivity index (χ1) is 7.10. The fourth-order valence-corrected chi connectivity index (χ4v) is 3.75. The van der Waals surface area contributed by atoms with Gasteiger partial charge >= 0.3 is 0 Å². The molecule has 0 nitrogen and oxygen atoms in total. The summed E-state index contributed by atoms with van der Waals surface area (Å²) in [4.78, 5) is 1.39. The van der Waals surface area contributed by atoms with E-state index in [0.717, 1.165) is 0 Å². The molecule has 0 amide bonds. The zero-order chi connectivity index (χ0) is 10.9. The van der Waals surface area contributed by atoms with Crippen LogP contribution in [-0.4, -0.2) is 11.0 Å². The van der Waals surface area contributed by atoms with Crippen molar-refractivity contribution in [3.8, 4) is 0 Å². The van der Waals surface area contributed by atoms with Crippen molar-refractivity contribution in [3.63, 3.8) is 0 Å². The van der Waals surface area contributed by atoms with Crippen LogP contribution >= 0.6 is 23.5 Å². The summed E-state index contributed by atoms with van der Waals surface area (Å²) >= 11 is 4.01. The Morgan fingerprint density at radius 3 is 2.27 bits per heavy atom. The Morgan fingerprint density at radius 1 is 1.27 bits per heavy atom. The van der Waals surface area contributed by atoms with Crippen molar-refractivity contribution in [1.82, 2.24) is 0 Å². The van der Waals surface area contributed by atoms with E-state index in [1.54, 1.807) is 0 Å². The zero-order valence-electron chi connectivity index (χ0n) is 9.62. The summed E-state index contributed by atoms with van der Waals surface area (Å²) in [6.07, 6.45) is 1.33. The van der Waals surface area contributed by atoms with Gasteiger partial charge in [0.1, 0.15) is 0 Å². The molecule has 1 heterocycles. The van der Waals surface area contributed by atoms with Crippen LogP contribution in [0.5, 0.6) is 0 Å². The SMILES string of the molecule is CC(C)Sc1ccc(C2(C)CCS2)cc1. The predicted octanol–water partition coefficient (Wildman–Crippen LogP) is 4.54. The average Bonchev–Trinajstić information content (AvgIpc) is 2.14. The van der Waals surface area contributed by atoms with Crippen LogP contribution < -0.4 is 0 Å². The van der Waals surface area contributed by atoms with Gasteiger partial charge in [0.25, 0.3) is 0 Å². The molecular formula is C13H18S2. The number of benzene rings is 1. The molecule has 15 heavy (non-hydrogen) atoms. The Hall–Kier alpha value is -0.0800. The van der Waals surface area contributed by atoms with Crippen molar-refractivity contribution in [2.45, 2.75) is 42.1 Å². The van der Waals surface area contributed by atoms with Gasteiger partial charge < -0.3 is 0 Å². The van der Waals surface area contributed by atoms with Crippen LogP contribution in [0.15, 0.2) is 29.2 Å². The van der Waals surface area contributed by atoms with Gasteiger partial charge in [0.2, 0.25) is 0 Å². The van der Waals surface area contributed by atoms with E-state index >= 15 is 0 Å². The Morgan fingerprint density at radius 2 is 1.87 bits per heavy atom. The highest BCUT2D eigenvalue weighted by Gasteiger charge is 2.34. The van der Waals surface area contributed by atoms with Gasteiger partial charge in [0.15, 0.2) is 0 Å². The van der Waals surface area contributed by atoms with Crippen LogP contribution in [0.4, 0.5) is 0 Å². The summed E-state index contributed by atoms with van der Waals surface area (Å²) in [5, 5.41) is 0.671. The van der Waals surface area contributed by atoms with Gasteiger partial charge in [-0.3, -0.25) is 0 Å². The van der Waals surface area contributed by atoms with Crippen molar-refractivity contribution in [2.75, 3.05) is 5.75 Å². The van der Waals surface area contributed by atoms with Gasteiger partial charge in [-0.1, -0.05) is 26.0 Å². The zero-order valence-corrected chi connectivity index (χ0v) is 11.3. The van der Waals surface area contributed by atoms with E-state index in [-0.39, 0.29) is 0 Å². The first-order valence-corrected chi connectivity index (χ1v) is 7.38. The minimum atomic E-state index is 0.404. The molecule has 2 heteroatoms. The third kappa shape index (κ3) is 2.54. The van der Waals surface area contributed by atoms with E-state index in [9.17, 15) is 0 Å². The number of hydrogen-bond acceptors (Lipinski definition) is 2. The normalized spacial score (nSPS) is 25.3. The smallest absolute Gasteiger partial charge is 0.0388 e. The molecule has 1 fully saturated rings. The first kappa shape index (κ1) is 11.4. The van der Waals surface area contributed by atoms with E-state index < -0.39 is 0 Å². The van der Waals surface area contributed by atoms with Crippen LogP contribution in [-0.2, 0) is 4.75 Å². The molecule has 0 aromatic heterocycles. The molecule has 0 N–H and O–H groups in total. The van der Waals surface area contributed by atoms with Crippen LogP contribution in [0.3, 0.4) is 0 Å². The van der Waals surface area contributed by atoms with Gasteiger partial charge in [-0.2, -0.15) is 11.8 Å². The second-order valence-electron chi connectivity index (χ2n) is 4.52.